The van der Waals surface area contributed by atoms with Gasteiger partial charge in [0.2, 0.25) is 41.2 Å². The van der Waals surface area contributed by atoms with Gasteiger partial charge in [-0.15, -0.1) is 11.3 Å². The Bertz CT molecular complexity index is 1430. The van der Waals surface area contributed by atoms with Gasteiger partial charge in [0, 0.05) is 37.6 Å². The minimum Gasteiger partial charge on any atom is -0.370 e. The summed E-state index contributed by atoms with van der Waals surface area (Å²) in [6, 6.07) is -6.25. The lowest BCUT2D eigenvalue weighted by Crippen LogP contribution is -2.59. The number of nitrogens with two attached hydrogens (primary N) is 4. The van der Waals surface area contributed by atoms with Crippen molar-refractivity contribution in [1.29, 1.82) is 10.8 Å². The second kappa shape index (κ2) is 22.4. The molecule has 1 saturated heterocycles. The number of carbonyl (C=O) groups excluding carboxylic acids is 7. The van der Waals surface area contributed by atoms with E-state index in [1.165, 1.54) is 6.20 Å². The lowest BCUT2D eigenvalue weighted by molar-refractivity contribution is -0.135. The standard InChI is InChI=1S/C30H50N14O7S/c31-16-5-1-2-10-37-22(46)15-20(44-26(50)19(42-24(16)48)8-9-21(32)45)27(51)43-18(7-4-12-40-30(35)36)25(49)41-17(6-3-11-39-29(33)34)23(47)28-38-13-14-52-28/h13-14,16-20H,1-12,15,31H2,(H2,32,45)(H,37,46)(H,41,49)(H,42,48)(H,43,51)(H,44,50)(H4,33,34,39)(H4,35,36,40)/t16-,17-,18-,19-,20-/m0/s1. The van der Waals surface area contributed by atoms with Gasteiger partial charge in [-0.05, 0) is 51.4 Å². The average Bonchev–Trinajstić information content (AvgIpc) is 3.62. The molecule has 52 heavy (non-hydrogen) atoms. The molecule has 0 bridgehead atoms. The predicted octanol–water partition coefficient (Wildman–Crippen LogP) is -3.93. The topological polar surface area (TPSA) is 368 Å². The molecule has 0 aromatic carbocycles. The van der Waals surface area contributed by atoms with E-state index >= 15 is 0 Å². The van der Waals surface area contributed by atoms with Gasteiger partial charge in [-0.2, -0.15) is 0 Å². The van der Waals surface area contributed by atoms with Crippen molar-refractivity contribution >= 4 is 64.5 Å². The first kappa shape index (κ1) is 42.8. The molecule has 5 atom stereocenters. The summed E-state index contributed by atoms with van der Waals surface area (Å²) < 4.78 is 0. The first-order valence-electron chi connectivity index (χ1n) is 16.8. The number of nitrogens with one attached hydrogen (secondary N) is 9. The van der Waals surface area contributed by atoms with Crippen molar-refractivity contribution in [2.24, 2.45) is 22.9 Å². The summed E-state index contributed by atoms with van der Waals surface area (Å²) >= 11 is 1.08. The van der Waals surface area contributed by atoms with Crippen LogP contribution >= 0.6 is 11.3 Å². The fourth-order valence-corrected chi connectivity index (χ4v) is 5.69. The molecule has 17 N–H and O–H groups in total. The highest BCUT2D eigenvalue weighted by atomic mass is 32.1. The Morgan fingerprint density at radius 1 is 0.923 bits per heavy atom. The first-order chi connectivity index (χ1) is 24.7. The maximum atomic E-state index is 13.8. The van der Waals surface area contributed by atoms with Crippen LogP contribution in [0.4, 0.5) is 0 Å². The summed E-state index contributed by atoms with van der Waals surface area (Å²) in [6.07, 6.45) is 2.26. The van der Waals surface area contributed by atoms with Crippen LogP contribution in [0.3, 0.4) is 0 Å². The maximum Gasteiger partial charge on any atom is 0.243 e. The number of guanidine groups is 2. The van der Waals surface area contributed by atoms with Gasteiger partial charge in [0.25, 0.3) is 0 Å². The van der Waals surface area contributed by atoms with Crippen LogP contribution in [0.2, 0.25) is 0 Å². The normalized spacial score (nSPS) is 19.6. The van der Waals surface area contributed by atoms with Gasteiger partial charge in [0.05, 0.1) is 18.5 Å². The zero-order valence-electron chi connectivity index (χ0n) is 28.8. The van der Waals surface area contributed by atoms with Gasteiger partial charge < -0.3 is 60.2 Å². The molecule has 21 nitrogen and oxygen atoms in total. The van der Waals surface area contributed by atoms with E-state index in [0.29, 0.717) is 19.3 Å². The van der Waals surface area contributed by atoms with Gasteiger partial charge in [-0.25, -0.2) is 4.98 Å². The van der Waals surface area contributed by atoms with Gasteiger partial charge >= 0.3 is 0 Å². The molecule has 2 rings (SSSR count). The van der Waals surface area contributed by atoms with E-state index in [2.05, 4.69) is 42.2 Å². The second-order valence-electron chi connectivity index (χ2n) is 12.1. The number of hydrogen-bond donors (Lipinski definition) is 13. The Kier molecular flexibility index (Phi) is 18.5. The molecule has 0 spiro atoms. The highest BCUT2D eigenvalue weighted by Crippen LogP contribution is 2.12. The van der Waals surface area contributed by atoms with Crippen LogP contribution in [0.1, 0.15) is 74.0 Å². The summed E-state index contributed by atoms with van der Waals surface area (Å²) in [6.45, 7) is 0.598. The number of Topliss-reactive ketones (excluding diaryl/α,β-unsaturated/α-hetero) is 1. The average molecular weight is 751 g/mol. The number of amides is 6. The lowest BCUT2D eigenvalue weighted by atomic mass is 10.0. The molecule has 1 fully saturated rings. The van der Waals surface area contributed by atoms with E-state index < -0.39 is 77.9 Å². The monoisotopic (exact) mass is 750 g/mol. The number of rotatable bonds is 17. The molecule has 0 radical (unpaired) electrons. The fourth-order valence-electron chi connectivity index (χ4n) is 5.06. The van der Waals surface area contributed by atoms with E-state index in [-0.39, 0.29) is 75.1 Å². The third kappa shape index (κ3) is 16.1. The molecule has 288 valence electrons. The SMILES string of the molecule is N=C(N)NCCC[C@H](NC(=O)[C@@H]1CC(=O)NCCCC[C@H](N)C(=O)N[C@@H](CCC(N)=O)C(=O)N1)C(=O)N[C@@H](CCCNC(=N)N)C(=O)c1nccs1. The molecule has 1 aromatic rings. The van der Waals surface area contributed by atoms with Crippen molar-refractivity contribution in [3.05, 3.63) is 16.6 Å². The summed E-state index contributed by atoms with van der Waals surface area (Å²) in [5.74, 6) is -5.62. The van der Waals surface area contributed by atoms with Gasteiger partial charge in [-0.1, -0.05) is 0 Å². The molecule has 2 heterocycles. The Morgan fingerprint density at radius 3 is 2.17 bits per heavy atom. The van der Waals surface area contributed by atoms with Crippen LogP contribution in [0.5, 0.6) is 0 Å². The molecular formula is C30H50N14O7S. The fraction of sp³-hybridized carbons (Fsp3) is 0.600. The molecule has 0 saturated carbocycles. The second-order valence-corrected chi connectivity index (χ2v) is 13.0. The van der Waals surface area contributed by atoms with Crippen molar-refractivity contribution in [3.63, 3.8) is 0 Å². The lowest BCUT2D eigenvalue weighted by Gasteiger charge is -2.27. The summed E-state index contributed by atoms with van der Waals surface area (Å²) in [5.41, 5.74) is 22.0. The largest absolute Gasteiger partial charge is 0.370 e. The number of thiazole rings is 1. The zero-order valence-corrected chi connectivity index (χ0v) is 29.6. The first-order valence-corrected chi connectivity index (χ1v) is 17.7. The summed E-state index contributed by atoms with van der Waals surface area (Å²) in [7, 11) is 0. The summed E-state index contributed by atoms with van der Waals surface area (Å²) in [4.78, 5) is 95.6. The molecule has 22 heteroatoms. The van der Waals surface area contributed by atoms with Crippen LogP contribution in [0.15, 0.2) is 11.6 Å². The van der Waals surface area contributed by atoms with Crippen LogP contribution < -0.4 is 60.2 Å². The highest BCUT2D eigenvalue weighted by Gasteiger charge is 2.33. The maximum absolute atomic E-state index is 13.8. The van der Waals surface area contributed by atoms with Crippen molar-refractivity contribution < 1.29 is 33.6 Å². The quantitative estimate of drug-likeness (QED) is 0.0314. The van der Waals surface area contributed by atoms with Crippen molar-refractivity contribution in [1.82, 2.24) is 42.2 Å². The van der Waals surface area contributed by atoms with E-state index in [4.69, 9.17) is 33.8 Å². The Labute approximate surface area is 304 Å². The van der Waals surface area contributed by atoms with E-state index in [1.54, 1.807) is 5.38 Å². The van der Waals surface area contributed by atoms with E-state index in [1.807, 2.05) is 0 Å². The van der Waals surface area contributed by atoms with Crippen molar-refractivity contribution in [2.45, 2.75) is 94.4 Å². The Balaban J connectivity index is 2.36. The predicted molar refractivity (Wildman–Crippen MR) is 190 cm³/mol. The van der Waals surface area contributed by atoms with Gasteiger partial charge in [0.1, 0.15) is 18.1 Å². The van der Waals surface area contributed by atoms with Crippen LogP contribution in [-0.2, 0) is 28.8 Å². The minimum absolute atomic E-state index is 0.0239. The zero-order chi connectivity index (χ0) is 38.6. The number of primary amides is 1. The molecule has 0 aliphatic carbocycles. The van der Waals surface area contributed by atoms with E-state index in [9.17, 15) is 33.6 Å². The number of hydrogen-bond acceptors (Lipinski definition) is 12. The van der Waals surface area contributed by atoms with Crippen LogP contribution in [0, 0.1) is 10.8 Å². The Morgan fingerprint density at radius 2 is 1.58 bits per heavy atom. The van der Waals surface area contributed by atoms with Gasteiger partial charge in [-0.3, -0.25) is 44.4 Å². The third-order valence-corrected chi connectivity index (χ3v) is 8.60. The minimum atomic E-state index is -1.55. The molecule has 1 aromatic heterocycles. The molecular weight excluding hydrogens is 700 g/mol. The Hall–Kier alpha value is -5.38. The van der Waals surface area contributed by atoms with E-state index in [0.717, 1.165) is 11.3 Å². The number of carbonyl (C=O) groups is 7. The molecule has 1 aliphatic rings. The number of ketones is 1. The summed E-state index contributed by atoms with van der Waals surface area (Å²) in [5, 5.41) is 34.6. The smallest absolute Gasteiger partial charge is 0.243 e. The van der Waals surface area contributed by atoms with Crippen molar-refractivity contribution in [3.8, 4) is 0 Å². The third-order valence-electron chi connectivity index (χ3n) is 7.81. The number of aromatic nitrogens is 1. The highest BCUT2D eigenvalue weighted by molar-refractivity contribution is 7.11. The van der Waals surface area contributed by atoms with Gasteiger partial charge in [0.15, 0.2) is 16.9 Å². The van der Waals surface area contributed by atoms with Crippen LogP contribution in [-0.4, -0.2) is 108 Å². The molecule has 1 aliphatic heterocycles. The molecule has 0 unspecified atom stereocenters. The van der Waals surface area contributed by atoms with Crippen molar-refractivity contribution in [2.75, 3.05) is 19.6 Å². The van der Waals surface area contributed by atoms with Crippen LogP contribution in [0.25, 0.3) is 0 Å². The molecule has 6 amide bonds. The number of nitrogens with zero attached hydrogens (tertiary/aromatic N) is 1.